The number of hydrogen-bond donors (Lipinski definition) is 1. The van der Waals surface area contributed by atoms with E-state index in [2.05, 4.69) is 11.7 Å². The van der Waals surface area contributed by atoms with E-state index in [0.29, 0.717) is 11.3 Å². The van der Waals surface area contributed by atoms with Crippen LogP contribution in [0.25, 0.3) is 0 Å². The van der Waals surface area contributed by atoms with Gasteiger partial charge >= 0.3 is 5.97 Å². The van der Waals surface area contributed by atoms with Crippen LogP contribution >= 0.6 is 11.8 Å². The number of nitrogens with two attached hydrogens (primary N) is 1. The quantitative estimate of drug-likeness (QED) is 0.365. The van der Waals surface area contributed by atoms with E-state index in [1.165, 1.54) is 26.4 Å². The minimum Gasteiger partial charge on any atom is -0.465 e. The molecule has 94 valence electrons. The van der Waals surface area contributed by atoms with Gasteiger partial charge < -0.3 is 10.5 Å². The highest BCUT2D eigenvalue weighted by Crippen LogP contribution is 2.27. The van der Waals surface area contributed by atoms with Crippen molar-refractivity contribution in [3.63, 3.8) is 0 Å². The molecule has 0 saturated carbocycles. The third-order valence-corrected chi connectivity index (χ3v) is 3.61. The van der Waals surface area contributed by atoms with Crippen LogP contribution < -0.4 is 5.73 Å². The van der Waals surface area contributed by atoms with E-state index in [-0.39, 0.29) is 5.97 Å². The molecule has 4 heteroatoms. The Kier molecular flexibility index (Phi) is 5.91. The van der Waals surface area contributed by atoms with E-state index >= 15 is 0 Å². The number of rotatable bonds is 6. The monoisotopic (exact) mass is 253 g/mol. The van der Waals surface area contributed by atoms with Gasteiger partial charge in [-0.25, -0.2) is 4.79 Å². The molecule has 1 rings (SSSR count). The number of unbranched alkanes of at least 4 members (excludes halogenated alkanes) is 2. The van der Waals surface area contributed by atoms with Crippen molar-refractivity contribution in [2.45, 2.75) is 31.1 Å². The lowest BCUT2D eigenvalue weighted by atomic mass is 10.2. The van der Waals surface area contributed by atoms with Crippen molar-refractivity contribution in [2.75, 3.05) is 18.6 Å². The molecular weight excluding hydrogens is 234 g/mol. The highest BCUT2D eigenvalue weighted by molar-refractivity contribution is 7.99. The number of carbonyl (C=O) groups excluding carboxylic acids is 1. The molecule has 1 aromatic carbocycles. The van der Waals surface area contributed by atoms with E-state index in [0.717, 1.165) is 10.6 Å². The number of esters is 1. The van der Waals surface area contributed by atoms with E-state index < -0.39 is 0 Å². The Morgan fingerprint density at radius 2 is 2.18 bits per heavy atom. The van der Waals surface area contributed by atoms with Crippen molar-refractivity contribution in [2.24, 2.45) is 0 Å². The lowest BCUT2D eigenvalue weighted by Gasteiger charge is -2.07. The first-order chi connectivity index (χ1) is 8.19. The van der Waals surface area contributed by atoms with Crippen molar-refractivity contribution >= 4 is 23.4 Å². The van der Waals surface area contributed by atoms with Gasteiger partial charge in [-0.05, 0) is 30.4 Å². The van der Waals surface area contributed by atoms with E-state index in [9.17, 15) is 4.79 Å². The van der Waals surface area contributed by atoms with E-state index in [1.807, 2.05) is 6.07 Å². The molecule has 0 heterocycles. The number of benzene rings is 1. The average molecular weight is 253 g/mol. The van der Waals surface area contributed by atoms with Crippen LogP contribution in [0.2, 0.25) is 0 Å². The molecule has 0 saturated heterocycles. The molecule has 0 atom stereocenters. The fraction of sp³-hybridized carbons (Fsp3) is 0.462. The van der Waals surface area contributed by atoms with Crippen LogP contribution in [-0.4, -0.2) is 18.8 Å². The molecule has 0 spiro atoms. The second-order valence-electron chi connectivity index (χ2n) is 3.80. The smallest absolute Gasteiger partial charge is 0.337 e. The summed E-state index contributed by atoms with van der Waals surface area (Å²) in [5.41, 5.74) is 7.05. The lowest BCUT2D eigenvalue weighted by Crippen LogP contribution is -2.02. The first kappa shape index (κ1) is 13.9. The summed E-state index contributed by atoms with van der Waals surface area (Å²) < 4.78 is 4.64. The molecule has 0 unspecified atom stereocenters. The molecule has 0 bridgehead atoms. The Bertz CT molecular complexity index is 380. The number of carbonyl (C=O) groups is 1. The third-order valence-electron chi connectivity index (χ3n) is 2.44. The summed E-state index contributed by atoms with van der Waals surface area (Å²) in [5.74, 6) is 0.717. The first-order valence-corrected chi connectivity index (χ1v) is 6.78. The second kappa shape index (κ2) is 7.22. The number of nitrogen functional groups attached to an aromatic ring is 1. The fourth-order valence-corrected chi connectivity index (χ4v) is 2.42. The van der Waals surface area contributed by atoms with Crippen LogP contribution in [0.3, 0.4) is 0 Å². The Balaban J connectivity index is 2.60. The highest BCUT2D eigenvalue weighted by Gasteiger charge is 2.08. The zero-order chi connectivity index (χ0) is 12.7. The average Bonchev–Trinajstić information content (AvgIpc) is 2.35. The van der Waals surface area contributed by atoms with Gasteiger partial charge in [-0.15, -0.1) is 11.8 Å². The molecule has 3 nitrogen and oxygen atoms in total. The van der Waals surface area contributed by atoms with Gasteiger partial charge in [-0.1, -0.05) is 19.8 Å². The molecule has 1 aromatic rings. The summed E-state index contributed by atoms with van der Waals surface area (Å²) in [4.78, 5) is 12.3. The van der Waals surface area contributed by atoms with E-state index in [4.69, 9.17) is 5.73 Å². The van der Waals surface area contributed by atoms with Crippen LogP contribution in [-0.2, 0) is 4.74 Å². The molecule has 17 heavy (non-hydrogen) atoms. The van der Waals surface area contributed by atoms with E-state index in [1.54, 1.807) is 23.9 Å². The maximum absolute atomic E-state index is 11.3. The summed E-state index contributed by atoms with van der Waals surface area (Å²) >= 11 is 1.74. The normalized spacial score (nSPS) is 10.2. The van der Waals surface area contributed by atoms with Crippen molar-refractivity contribution < 1.29 is 9.53 Å². The summed E-state index contributed by atoms with van der Waals surface area (Å²) in [6.45, 7) is 2.18. The van der Waals surface area contributed by atoms with Crippen molar-refractivity contribution in [1.29, 1.82) is 0 Å². The van der Waals surface area contributed by atoms with Crippen molar-refractivity contribution in [1.82, 2.24) is 0 Å². The van der Waals surface area contributed by atoms with Gasteiger partial charge in [-0.3, -0.25) is 0 Å². The molecule has 2 N–H and O–H groups in total. The number of anilines is 1. The molecule has 0 aliphatic heterocycles. The van der Waals surface area contributed by atoms with Gasteiger partial charge in [0, 0.05) is 10.6 Å². The van der Waals surface area contributed by atoms with Crippen LogP contribution in [0.5, 0.6) is 0 Å². The first-order valence-electron chi connectivity index (χ1n) is 5.79. The Hall–Kier alpha value is -1.16. The molecular formula is C13H19NO2S. The topological polar surface area (TPSA) is 52.3 Å². The summed E-state index contributed by atoms with van der Waals surface area (Å²) in [6.07, 6.45) is 3.66. The molecule has 0 aliphatic rings. The maximum atomic E-state index is 11.3. The minimum absolute atomic E-state index is 0.348. The molecule has 0 fully saturated rings. The summed E-state index contributed by atoms with van der Waals surface area (Å²) in [5, 5.41) is 0. The van der Waals surface area contributed by atoms with Crippen LogP contribution in [0.1, 0.15) is 36.5 Å². The third kappa shape index (κ3) is 4.30. The van der Waals surface area contributed by atoms with Gasteiger partial charge in [0.2, 0.25) is 0 Å². The molecule has 0 radical (unpaired) electrons. The number of methoxy groups -OCH3 is 1. The highest BCUT2D eigenvalue weighted by atomic mass is 32.2. The number of hydrogen-bond acceptors (Lipinski definition) is 4. The van der Waals surface area contributed by atoms with Crippen LogP contribution in [0.15, 0.2) is 23.1 Å². The minimum atomic E-state index is -0.348. The zero-order valence-electron chi connectivity index (χ0n) is 10.4. The molecule has 0 aromatic heterocycles. The van der Waals surface area contributed by atoms with Crippen molar-refractivity contribution in [3.8, 4) is 0 Å². The largest absolute Gasteiger partial charge is 0.465 e. The molecule has 0 amide bonds. The van der Waals surface area contributed by atoms with Gasteiger partial charge in [0.25, 0.3) is 0 Å². The number of thioether (sulfide) groups is 1. The Morgan fingerprint density at radius 3 is 2.76 bits per heavy atom. The Labute approximate surface area is 107 Å². The van der Waals surface area contributed by atoms with Gasteiger partial charge in [0.05, 0.1) is 12.7 Å². The second-order valence-corrected chi connectivity index (χ2v) is 4.94. The SMILES string of the molecule is CCCCCSc1ccc(C(=O)OC)cc1N. The van der Waals surface area contributed by atoms with Crippen molar-refractivity contribution in [3.05, 3.63) is 23.8 Å². The summed E-state index contributed by atoms with van der Waals surface area (Å²) in [7, 11) is 1.37. The summed E-state index contributed by atoms with van der Waals surface area (Å²) in [6, 6.07) is 5.32. The fourth-order valence-electron chi connectivity index (χ4n) is 1.46. The van der Waals surface area contributed by atoms with Crippen LogP contribution in [0, 0.1) is 0 Å². The van der Waals surface area contributed by atoms with Gasteiger partial charge in [0.1, 0.15) is 0 Å². The molecule has 0 aliphatic carbocycles. The Morgan fingerprint density at radius 1 is 1.41 bits per heavy atom. The number of ether oxygens (including phenoxy) is 1. The maximum Gasteiger partial charge on any atom is 0.337 e. The van der Waals surface area contributed by atoms with Crippen LogP contribution in [0.4, 0.5) is 5.69 Å². The van der Waals surface area contributed by atoms with Gasteiger partial charge in [0.15, 0.2) is 0 Å². The predicted molar refractivity (Wildman–Crippen MR) is 72.4 cm³/mol. The standard InChI is InChI=1S/C13H19NO2S/c1-3-4-5-8-17-12-7-6-10(9-11(12)14)13(15)16-2/h6-7,9H,3-5,8,14H2,1-2H3. The zero-order valence-corrected chi connectivity index (χ0v) is 11.2. The lowest BCUT2D eigenvalue weighted by molar-refractivity contribution is 0.0600. The predicted octanol–water partition coefficient (Wildman–Crippen LogP) is 3.34. The van der Waals surface area contributed by atoms with Gasteiger partial charge in [-0.2, -0.15) is 0 Å².